The van der Waals surface area contributed by atoms with Gasteiger partial charge in [0, 0.05) is 18.5 Å². The van der Waals surface area contributed by atoms with Gasteiger partial charge in [0.05, 0.1) is 49.1 Å². The maximum Gasteiger partial charge on any atom is 0.408 e. The molecular formula is C61H86N6O18. The standard InChI is InChI=1S/C61H86N6O18/c1-58(2,3)82-52(68)62-32-39-28-29-40(63-55(71)83-59(4,5)6)50(77-39)78-43-31-44(41(30-42(43)65-56(72)84-60(7,8)9)64-53(69)75-33-36-22-16-13-17-23-36)79-51-47(67-57(73)85-61(10,11)12)46(66-54(70)76-34-37-24-18-14-19-25-37)48-45(80-51)35-74-49(81-48)38-26-20-15-21-27-38/h13-27,39-51H,28-35H2,1-12H3,(H,62,68)(H,63,71)(H,64,69)(H,65,72)(H,66,70)(H,67,73)/t39-,40+,41+,42-,43-,44+,45+,46+,47+,48+,49+,50+,51-/m0/s1. The summed E-state index contributed by atoms with van der Waals surface area (Å²) >= 11 is 0. The van der Waals surface area contributed by atoms with Crippen molar-refractivity contribution in [2.24, 2.45) is 0 Å². The smallest absolute Gasteiger partial charge is 0.408 e. The number of nitrogens with one attached hydrogen (secondary N) is 6. The third kappa shape index (κ3) is 21.5. The number of ether oxygens (including phenoxy) is 12. The number of rotatable bonds is 16. The molecule has 3 aromatic rings. The molecule has 468 valence electrons. The molecule has 24 nitrogen and oxygen atoms in total. The number of hydrogen-bond donors (Lipinski definition) is 6. The first-order valence-corrected chi connectivity index (χ1v) is 28.8. The predicted octanol–water partition coefficient (Wildman–Crippen LogP) is 8.69. The van der Waals surface area contributed by atoms with Gasteiger partial charge in [-0.1, -0.05) is 91.0 Å². The molecule has 1 aliphatic carbocycles. The normalized spacial score (nSPS) is 27.0. The summed E-state index contributed by atoms with van der Waals surface area (Å²) in [6, 6.07) is 21.9. The van der Waals surface area contributed by atoms with E-state index in [0.717, 1.165) is 0 Å². The molecule has 6 N–H and O–H groups in total. The van der Waals surface area contributed by atoms with Gasteiger partial charge in [-0.3, -0.25) is 0 Å². The van der Waals surface area contributed by atoms with Gasteiger partial charge >= 0.3 is 36.6 Å². The highest BCUT2D eigenvalue weighted by Gasteiger charge is 2.54. The molecule has 7 rings (SSSR count). The minimum Gasteiger partial charge on any atom is -0.445 e. The number of hydrogen-bond acceptors (Lipinski definition) is 18. The van der Waals surface area contributed by atoms with Crippen LogP contribution in [0.25, 0.3) is 0 Å². The van der Waals surface area contributed by atoms with Crippen molar-refractivity contribution in [2.45, 2.75) is 224 Å². The Morgan fingerprint density at radius 1 is 0.471 bits per heavy atom. The molecule has 0 bridgehead atoms. The highest BCUT2D eigenvalue weighted by Crippen LogP contribution is 2.38. The van der Waals surface area contributed by atoms with Crippen molar-refractivity contribution < 1.29 is 85.6 Å². The molecule has 0 unspecified atom stereocenters. The van der Waals surface area contributed by atoms with Crippen LogP contribution in [0.2, 0.25) is 0 Å². The van der Waals surface area contributed by atoms with Crippen LogP contribution in [0, 0.1) is 0 Å². The van der Waals surface area contributed by atoms with Crippen LogP contribution in [0.4, 0.5) is 28.8 Å². The van der Waals surface area contributed by atoms with Gasteiger partial charge in [-0.25, -0.2) is 28.8 Å². The quantitative estimate of drug-likeness (QED) is 0.0731. The first kappa shape index (κ1) is 65.6. The maximum atomic E-state index is 14.1. The lowest BCUT2D eigenvalue weighted by atomic mass is 9.85. The Morgan fingerprint density at radius 3 is 1.45 bits per heavy atom. The molecule has 3 heterocycles. The van der Waals surface area contributed by atoms with Crippen molar-refractivity contribution in [3.05, 3.63) is 108 Å². The lowest BCUT2D eigenvalue weighted by molar-refractivity contribution is -0.337. The molecule has 6 amide bonds. The van der Waals surface area contributed by atoms with Gasteiger partial charge in [0.25, 0.3) is 0 Å². The second kappa shape index (κ2) is 29.0. The third-order valence-electron chi connectivity index (χ3n) is 13.4. The number of fused-ring (bicyclic) bond motifs is 1. The van der Waals surface area contributed by atoms with E-state index in [1.165, 1.54) is 0 Å². The molecule has 3 aromatic carbocycles. The summed E-state index contributed by atoms with van der Waals surface area (Å²) in [5.41, 5.74) is -1.49. The van der Waals surface area contributed by atoms with Crippen LogP contribution >= 0.6 is 0 Å². The van der Waals surface area contributed by atoms with Gasteiger partial charge in [0.15, 0.2) is 18.9 Å². The molecular weight excluding hydrogens is 1100 g/mol. The van der Waals surface area contributed by atoms with Crippen molar-refractivity contribution in [3.63, 3.8) is 0 Å². The summed E-state index contributed by atoms with van der Waals surface area (Å²) in [5, 5.41) is 17.4. The van der Waals surface area contributed by atoms with Crippen LogP contribution in [0.15, 0.2) is 91.0 Å². The second-order valence-electron chi connectivity index (χ2n) is 25.3. The van der Waals surface area contributed by atoms with E-state index >= 15 is 0 Å². The van der Waals surface area contributed by atoms with Crippen LogP contribution in [0.1, 0.15) is 132 Å². The van der Waals surface area contributed by atoms with Crippen LogP contribution in [-0.4, -0.2) is 145 Å². The molecule has 3 aliphatic heterocycles. The molecule has 1 saturated carbocycles. The van der Waals surface area contributed by atoms with E-state index in [1.807, 2.05) is 66.7 Å². The Balaban J connectivity index is 1.27. The zero-order chi connectivity index (χ0) is 61.7. The molecule has 85 heavy (non-hydrogen) atoms. The fraction of sp³-hybridized carbons (Fsp3) is 0.607. The Bertz CT molecular complexity index is 2660. The average Bonchev–Trinajstić information content (AvgIpc) is 2.27. The van der Waals surface area contributed by atoms with E-state index in [2.05, 4.69) is 31.9 Å². The minimum atomic E-state index is -1.50. The first-order valence-electron chi connectivity index (χ1n) is 28.8. The maximum absolute atomic E-state index is 14.1. The van der Waals surface area contributed by atoms with Gasteiger partial charge in [-0.2, -0.15) is 0 Å². The Labute approximate surface area is 497 Å². The highest BCUT2D eigenvalue weighted by atomic mass is 16.8. The van der Waals surface area contributed by atoms with Crippen molar-refractivity contribution in [1.82, 2.24) is 31.9 Å². The van der Waals surface area contributed by atoms with E-state index in [-0.39, 0.29) is 45.6 Å². The van der Waals surface area contributed by atoms with Crippen molar-refractivity contribution in [3.8, 4) is 0 Å². The SMILES string of the molecule is CC(C)(C)OC(=O)NC[C@@H]1CC[C@@H](NC(=O)OC(C)(C)C)[C@@H](O[C@H]2C[C@@H](O[C@H]3O[C@@H]4CO[C@@H](c5ccccc5)O[C@H]4[C@H](NC(=O)OCc4ccccc4)[C@H]3NC(=O)OC(C)(C)C)[C@H](NC(=O)OCc3ccccc3)C[C@@H]2NC(=O)OC(C)(C)C)O1. The van der Waals surface area contributed by atoms with E-state index in [0.29, 0.717) is 23.1 Å². The minimum absolute atomic E-state index is 0.00273. The first-order chi connectivity index (χ1) is 40.0. The predicted molar refractivity (Wildman–Crippen MR) is 306 cm³/mol. The van der Waals surface area contributed by atoms with Crippen molar-refractivity contribution >= 4 is 36.6 Å². The Hall–Kier alpha value is -6.96. The molecule has 13 atom stereocenters. The number of carbonyl (C=O) groups excluding carboxylic acids is 6. The lowest BCUT2D eigenvalue weighted by Crippen LogP contribution is -2.72. The monoisotopic (exact) mass is 1190 g/mol. The molecule has 0 spiro atoms. The number of amides is 6. The zero-order valence-electron chi connectivity index (χ0n) is 50.7. The van der Waals surface area contributed by atoms with Gasteiger partial charge in [0.2, 0.25) is 0 Å². The highest BCUT2D eigenvalue weighted by molar-refractivity contribution is 5.71. The van der Waals surface area contributed by atoms with Gasteiger partial charge in [0.1, 0.15) is 53.9 Å². The molecule has 4 fully saturated rings. The fourth-order valence-electron chi connectivity index (χ4n) is 9.89. The summed E-state index contributed by atoms with van der Waals surface area (Å²) in [5.74, 6) is 0. The topological polar surface area (TPSA) is 285 Å². The summed E-state index contributed by atoms with van der Waals surface area (Å²) < 4.78 is 74.7. The van der Waals surface area contributed by atoms with E-state index < -0.39 is 139 Å². The van der Waals surface area contributed by atoms with E-state index in [4.69, 9.17) is 56.8 Å². The van der Waals surface area contributed by atoms with Crippen LogP contribution in [0.3, 0.4) is 0 Å². The van der Waals surface area contributed by atoms with E-state index in [1.54, 1.807) is 107 Å². The molecule has 4 aliphatic rings. The lowest BCUT2D eigenvalue weighted by Gasteiger charge is -2.51. The van der Waals surface area contributed by atoms with Crippen LogP contribution in [0.5, 0.6) is 0 Å². The molecule has 3 saturated heterocycles. The largest absolute Gasteiger partial charge is 0.445 e. The zero-order valence-corrected chi connectivity index (χ0v) is 50.7. The Morgan fingerprint density at radius 2 is 0.918 bits per heavy atom. The van der Waals surface area contributed by atoms with Gasteiger partial charge in [-0.05, 0) is 113 Å². The summed E-state index contributed by atoms with van der Waals surface area (Å²) in [6.07, 6.45) is -13.1. The molecule has 24 heteroatoms. The summed E-state index contributed by atoms with van der Waals surface area (Å²) in [4.78, 5) is 82.6. The molecule has 0 aromatic heterocycles. The third-order valence-corrected chi connectivity index (χ3v) is 13.4. The van der Waals surface area contributed by atoms with E-state index in [9.17, 15) is 28.8 Å². The summed E-state index contributed by atoms with van der Waals surface area (Å²) in [6.45, 7) is 20.3. The van der Waals surface area contributed by atoms with Gasteiger partial charge in [-0.15, -0.1) is 0 Å². The molecule has 0 radical (unpaired) electrons. The number of carbonyl (C=O) groups is 6. The van der Waals surface area contributed by atoms with Crippen molar-refractivity contribution in [2.75, 3.05) is 13.2 Å². The number of alkyl carbamates (subject to hydrolysis) is 6. The van der Waals surface area contributed by atoms with Gasteiger partial charge < -0.3 is 88.7 Å². The number of benzene rings is 3. The summed E-state index contributed by atoms with van der Waals surface area (Å²) in [7, 11) is 0. The van der Waals surface area contributed by atoms with Crippen LogP contribution < -0.4 is 31.9 Å². The Kier molecular flexibility index (Phi) is 22.3. The second-order valence-corrected chi connectivity index (χ2v) is 25.3. The van der Waals surface area contributed by atoms with Crippen LogP contribution in [-0.2, 0) is 70.1 Å². The average molecular weight is 1190 g/mol. The van der Waals surface area contributed by atoms with Crippen molar-refractivity contribution in [1.29, 1.82) is 0 Å². The fourth-order valence-corrected chi connectivity index (χ4v) is 9.89.